The minimum atomic E-state index is -0.883. The van der Waals surface area contributed by atoms with Crippen LogP contribution in [0.2, 0.25) is 0 Å². The number of aliphatic hydroxyl groups excluding tert-OH is 2. The van der Waals surface area contributed by atoms with Crippen LogP contribution in [0, 0.1) is 0 Å². The third kappa shape index (κ3) is 1.81. The lowest BCUT2D eigenvalue weighted by Crippen LogP contribution is -2.28. The lowest BCUT2D eigenvalue weighted by Gasteiger charge is -2.18. The molecule has 3 heterocycles. The number of nitrogens with zero attached hydrogens (tertiary/aromatic N) is 4. The van der Waals surface area contributed by atoms with Gasteiger partial charge in [0.05, 0.1) is 23.7 Å². The van der Waals surface area contributed by atoms with Crippen LogP contribution in [0.4, 0.5) is 5.82 Å². The monoisotopic (exact) mass is 300 g/mol. The molecule has 0 aromatic carbocycles. The Labute approximate surface area is 125 Å². The Balaban J connectivity index is 1.74. The first kappa shape index (κ1) is 13.2. The Hall–Kier alpha value is -2.45. The van der Waals surface area contributed by atoms with E-state index >= 15 is 0 Å². The molecule has 3 aromatic heterocycles. The zero-order valence-electron chi connectivity index (χ0n) is 11.7. The maximum absolute atomic E-state index is 10.5. The van der Waals surface area contributed by atoms with Crippen molar-refractivity contribution in [2.75, 3.05) is 5.73 Å². The fourth-order valence-electron chi connectivity index (χ4n) is 3.34. The maximum atomic E-state index is 10.5. The average Bonchev–Trinajstić information content (AvgIpc) is 3.21. The predicted molar refractivity (Wildman–Crippen MR) is 78.9 cm³/mol. The zero-order chi connectivity index (χ0) is 15.3. The number of fused-ring (bicyclic) bond motifs is 1. The van der Waals surface area contributed by atoms with Gasteiger partial charge in [-0.15, -0.1) is 0 Å². The summed E-state index contributed by atoms with van der Waals surface area (Å²) in [7, 11) is 0. The molecule has 8 nitrogen and oxygen atoms in total. The van der Waals surface area contributed by atoms with Gasteiger partial charge in [0.25, 0.3) is 0 Å². The second kappa shape index (κ2) is 4.79. The van der Waals surface area contributed by atoms with Crippen LogP contribution >= 0.6 is 0 Å². The second-order valence-corrected chi connectivity index (χ2v) is 5.64. The summed E-state index contributed by atoms with van der Waals surface area (Å²) in [4.78, 5) is 8.22. The Morgan fingerprint density at radius 2 is 2.14 bits per heavy atom. The SMILES string of the molecule is Nc1ncnc2c1ccn2[C@@H]1C[C@H](c2cn[nH]c2)[C@@H](O)[C@H]1O. The number of aliphatic hydroxyl groups is 2. The predicted octanol–water partition coefficient (Wildman–Crippen LogP) is 0.187. The normalized spacial score (nSPS) is 28.5. The van der Waals surface area contributed by atoms with E-state index in [0.717, 1.165) is 10.9 Å². The molecule has 0 unspecified atom stereocenters. The van der Waals surface area contributed by atoms with Gasteiger partial charge >= 0.3 is 0 Å². The van der Waals surface area contributed by atoms with Crippen LogP contribution in [-0.2, 0) is 0 Å². The molecule has 4 atom stereocenters. The summed E-state index contributed by atoms with van der Waals surface area (Å²) in [5.74, 6) is 0.235. The van der Waals surface area contributed by atoms with Gasteiger partial charge in [-0.2, -0.15) is 5.10 Å². The molecule has 1 aliphatic rings. The van der Waals surface area contributed by atoms with Gasteiger partial charge in [-0.25, -0.2) is 9.97 Å². The summed E-state index contributed by atoms with van der Waals surface area (Å²) >= 11 is 0. The van der Waals surface area contributed by atoms with Crippen molar-refractivity contribution in [3.05, 3.63) is 36.5 Å². The van der Waals surface area contributed by atoms with Gasteiger partial charge in [0.15, 0.2) is 0 Å². The van der Waals surface area contributed by atoms with E-state index in [2.05, 4.69) is 20.2 Å². The molecule has 0 bridgehead atoms. The quantitative estimate of drug-likeness (QED) is 0.535. The number of hydrogen-bond acceptors (Lipinski definition) is 6. The van der Waals surface area contributed by atoms with Crippen molar-refractivity contribution >= 4 is 16.9 Å². The van der Waals surface area contributed by atoms with Crippen LogP contribution in [0.25, 0.3) is 11.0 Å². The first-order valence-electron chi connectivity index (χ1n) is 7.08. The van der Waals surface area contributed by atoms with Crippen molar-refractivity contribution in [2.45, 2.75) is 30.6 Å². The maximum Gasteiger partial charge on any atom is 0.145 e. The number of aromatic amines is 1. The highest BCUT2D eigenvalue weighted by atomic mass is 16.3. The van der Waals surface area contributed by atoms with Crippen LogP contribution in [0.5, 0.6) is 0 Å². The van der Waals surface area contributed by atoms with Crippen LogP contribution in [0.3, 0.4) is 0 Å². The summed E-state index contributed by atoms with van der Waals surface area (Å²) in [6.45, 7) is 0. The summed E-state index contributed by atoms with van der Waals surface area (Å²) in [6, 6.07) is 1.55. The highest BCUT2D eigenvalue weighted by Crippen LogP contribution is 2.42. The molecule has 0 aliphatic heterocycles. The van der Waals surface area contributed by atoms with Crippen LogP contribution in [0.15, 0.2) is 31.0 Å². The minimum Gasteiger partial charge on any atom is -0.390 e. The number of nitrogens with one attached hydrogen (secondary N) is 1. The van der Waals surface area contributed by atoms with Crippen LogP contribution in [-0.4, -0.2) is 47.2 Å². The molecule has 114 valence electrons. The van der Waals surface area contributed by atoms with E-state index in [9.17, 15) is 10.2 Å². The Bertz CT molecular complexity index is 799. The highest BCUT2D eigenvalue weighted by Gasteiger charge is 2.43. The minimum absolute atomic E-state index is 0.171. The average molecular weight is 300 g/mol. The van der Waals surface area contributed by atoms with E-state index in [-0.39, 0.29) is 12.0 Å². The summed E-state index contributed by atoms with van der Waals surface area (Å²) < 4.78 is 1.86. The van der Waals surface area contributed by atoms with E-state index in [1.165, 1.54) is 6.33 Å². The van der Waals surface area contributed by atoms with Gasteiger partial charge in [0, 0.05) is 18.3 Å². The van der Waals surface area contributed by atoms with E-state index < -0.39 is 12.2 Å². The molecule has 3 aromatic rings. The molecule has 1 fully saturated rings. The number of H-pyrrole nitrogens is 1. The smallest absolute Gasteiger partial charge is 0.145 e. The Morgan fingerprint density at radius 3 is 2.91 bits per heavy atom. The summed E-state index contributed by atoms with van der Waals surface area (Å²) in [6.07, 6.45) is 5.52. The third-order valence-electron chi connectivity index (χ3n) is 4.50. The van der Waals surface area contributed by atoms with Gasteiger partial charge in [0.1, 0.15) is 23.9 Å². The topological polar surface area (TPSA) is 126 Å². The van der Waals surface area contributed by atoms with Gasteiger partial charge in [-0.3, -0.25) is 5.10 Å². The first-order chi connectivity index (χ1) is 10.7. The molecule has 22 heavy (non-hydrogen) atoms. The molecule has 1 aliphatic carbocycles. The van der Waals surface area contributed by atoms with Gasteiger partial charge in [0.2, 0.25) is 0 Å². The molecule has 5 N–H and O–H groups in total. The zero-order valence-corrected chi connectivity index (χ0v) is 11.7. The van der Waals surface area contributed by atoms with Crippen molar-refractivity contribution in [1.82, 2.24) is 24.7 Å². The molecule has 0 saturated heterocycles. The molecular weight excluding hydrogens is 284 g/mol. The van der Waals surface area contributed by atoms with Crippen molar-refractivity contribution in [2.24, 2.45) is 0 Å². The number of rotatable bonds is 2. The molecule has 1 saturated carbocycles. The number of nitrogens with two attached hydrogens (primary N) is 1. The Morgan fingerprint density at radius 1 is 1.27 bits per heavy atom. The fraction of sp³-hybridized carbons (Fsp3) is 0.357. The fourth-order valence-corrected chi connectivity index (χ4v) is 3.34. The summed E-state index contributed by atoms with van der Waals surface area (Å²) in [5.41, 5.74) is 7.40. The molecule has 0 amide bonds. The summed E-state index contributed by atoms with van der Waals surface area (Å²) in [5, 5.41) is 28.2. The number of aromatic nitrogens is 5. The van der Waals surface area contributed by atoms with Crippen LogP contribution < -0.4 is 5.73 Å². The number of nitrogen functional groups attached to an aromatic ring is 1. The van der Waals surface area contributed by atoms with Gasteiger partial charge < -0.3 is 20.5 Å². The third-order valence-corrected chi connectivity index (χ3v) is 4.50. The first-order valence-corrected chi connectivity index (χ1v) is 7.08. The number of hydrogen-bond donors (Lipinski definition) is 4. The Kier molecular flexibility index (Phi) is 2.88. The molecule has 0 spiro atoms. The van der Waals surface area contributed by atoms with E-state index in [1.807, 2.05) is 16.8 Å². The van der Waals surface area contributed by atoms with Crippen molar-refractivity contribution in [3.8, 4) is 0 Å². The molecule has 0 radical (unpaired) electrons. The van der Waals surface area contributed by atoms with Gasteiger partial charge in [-0.1, -0.05) is 0 Å². The van der Waals surface area contributed by atoms with Crippen molar-refractivity contribution in [1.29, 1.82) is 0 Å². The van der Waals surface area contributed by atoms with E-state index in [0.29, 0.717) is 17.9 Å². The lowest BCUT2D eigenvalue weighted by atomic mass is 9.99. The van der Waals surface area contributed by atoms with Crippen molar-refractivity contribution < 1.29 is 10.2 Å². The van der Waals surface area contributed by atoms with E-state index in [1.54, 1.807) is 12.4 Å². The van der Waals surface area contributed by atoms with E-state index in [4.69, 9.17) is 5.73 Å². The number of anilines is 1. The lowest BCUT2D eigenvalue weighted by molar-refractivity contribution is 0.0179. The molecule has 8 heteroatoms. The van der Waals surface area contributed by atoms with Gasteiger partial charge in [-0.05, 0) is 18.1 Å². The van der Waals surface area contributed by atoms with Crippen molar-refractivity contribution in [3.63, 3.8) is 0 Å². The largest absolute Gasteiger partial charge is 0.390 e. The second-order valence-electron chi connectivity index (χ2n) is 5.64. The highest BCUT2D eigenvalue weighted by molar-refractivity contribution is 5.86. The molecule has 4 rings (SSSR count). The standard InChI is InChI=1S/C14H16N6O2/c15-13-8-1-2-20(14(8)17-6-16-13)10-3-9(11(21)12(10)22)7-4-18-19-5-7/h1-2,4-6,9-12,21-22H,3H2,(H,18,19)(H2,15,16,17)/t9-,10-,11-,12+/m1/s1. The van der Waals surface area contributed by atoms with Crippen LogP contribution in [0.1, 0.15) is 23.9 Å². The molecular formula is C14H16N6O2.